The Hall–Kier alpha value is -1.56. The van der Waals surface area contributed by atoms with Crippen molar-refractivity contribution in [3.63, 3.8) is 0 Å². The van der Waals surface area contributed by atoms with Gasteiger partial charge in [-0.25, -0.2) is 9.97 Å². The van der Waals surface area contributed by atoms with Crippen molar-refractivity contribution in [2.75, 3.05) is 32.1 Å². The van der Waals surface area contributed by atoms with Crippen molar-refractivity contribution < 1.29 is 4.74 Å². The smallest absolute Gasteiger partial charge is 0.218 e. The van der Waals surface area contributed by atoms with E-state index in [4.69, 9.17) is 27.9 Å². The standard InChI is InChI=1S/C18H22Cl2N4O/c1-23(17-9-18(25-2)22-12-21-17)15-4-3-7-24(11-15)10-13-8-14(19)5-6-16(13)20/h5-6,8-9,12,15H,3-4,7,10-11H2,1-2H3. The van der Waals surface area contributed by atoms with Gasteiger partial charge in [-0.2, -0.15) is 0 Å². The molecule has 25 heavy (non-hydrogen) atoms. The van der Waals surface area contributed by atoms with Crippen molar-refractivity contribution in [1.82, 2.24) is 14.9 Å². The summed E-state index contributed by atoms with van der Waals surface area (Å²) in [6, 6.07) is 7.88. The topological polar surface area (TPSA) is 41.5 Å². The van der Waals surface area contributed by atoms with Gasteiger partial charge in [-0.05, 0) is 43.1 Å². The fourth-order valence-electron chi connectivity index (χ4n) is 3.22. The normalized spacial score (nSPS) is 18.2. The number of hydrogen-bond acceptors (Lipinski definition) is 5. The molecule has 1 aliphatic rings. The van der Waals surface area contributed by atoms with E-state index in [-0.39, 0.29) is 0 Å². The van der Waals surface area contributed by atoms with Gasteiger partial charge in [-0.3, -0.25) is 4.90 Å². The molecule has 1 atom stereocenters. The lowest BCUT2D eigenvalue weighted by molar-refractivity contribution is 0.198. The molecule has 1 aliphatic heterocycles. The molecular weight excluding hydrogens is 359 g/mol. The molecule has 0 radical (unpaired) electrons. The van der Waals surface area contributed by atoms with Gasteiger partial charge in [-0.1, -0.05) is 23.2 Å². The van der Waals surface area contributed by atoms with E-state index in [0.29, 0.717) is 11.9 Å². The van der Waals surface area contributed by atoms with E-state index < -0.39 is 0 Å². The summed E-state index contributed by atoms with van der Waals surface area (Å²) in [4.78, 5) is 13.1. The van der Waals surface area contributed by atoms with Gasteiger partial charge in [-0.15, -0.1) is 0 Å². The SMILES string of the molecule is COc1cc(N(C)C2CCCN(Cc3cc(Cl)ccc3Cl)C2)ncn1. The first-order valence-corrected chi connectivity index (χ1v) is 9.07. The van der Waals surface area contributed by atoms with Gasteiger partial charge in [0.25, 0.3) is 0 Å². The Morgan fingerprint density at radius 1 is 1.28 bits per heavy atom. The third-order valence-corrected chi connectivity index (χ3v) is 5.23. The summed E-state index contributed by atoms with van der Waals surface area (Å²) in [5.74, 6) is 1.45. The minimum Gasteiger partial charge on any atom is -0.481 e. The van der Waals surface area contributed by atoms with Crippen LogP contribution in [0, 0.1) is 0 Å². The summed E-state index contributed by atoms with van der Waals surface area (Å²) in [6.07, 6.45) is 3.80. The maximum Gasteiger partial charge on any atom is 0.218 e. The number of rotatable bonds is 5. The fourth-order valence-corrected chi connectivity index (χ4v) is 3.59. The molecule has 0 saturated carbocycles. The zero-order valence-corrected chi connectivity index (χ0v) is 16.0. The number of aromatic nitrogens is 2. The van der Waals surface area contributed by atoms with E-state index in [9.17, 15) is 0 Å². The van der Waals surface area contributed by atoms with E-state index in [2.05, 4.69) is 26.8 Å². The first-order chi connectivity index (χ1) is 12.1. The third-order valence-electron chi connectivity index (χ3n) is 4.63. The Kier molecular flexibility index (Phi) is 5.99. The second kappa shape index (κ2) is 8.21. The van der Waals surface area contributed by atoms with Crippen molar-refractivity contribution in [2.24, 2.45) is 0 Å². The van der Waals surface area contributed by atoms with Crippen LogP contribution in [0.15, 0.2) is 30.6 Å². The van der Waals surface area contributed by atoms with E-state index in [1.807, 2.05) is 24.3 Å². The summed E-state index contributed by atoms with van der Waals surface area (Å²) in [5.41, 5.74) is 1.07. The minimum absolute atomic E-state index is 0.381. The first-order valence-electron chi connectivity index (χ1n) is 8.32. The summed E-state index contributed by atoms with van der Waals surface area (Å²) < 4.78 is 5.20. The molecule has 1 unspecified atom stereocenters. The highest BCUT2D eigenvalue weighted by atomic mass is 35.5. The predicted molar refractivity (Wildman–Crippen MR) is 102 cm³/mol. The highest BCUT2D eigenvalue weighted by Crippen LogP contribution is 2.26. The molecule has 2 heterocycles. The van der Waals surface area contributed by atoms with Crippen LogP contribution in [0.25, 0.3) is 0 Å². The third kappa shape index (κ3) is 4.54. The number of benzene rings is 1. The molecule has 0 aliphatic carbocycles. The summed E-state index contributed by atoms with van der Waals surface area (Å²) in [7, 11) is 3.69. The molecule has 3 rings (SSSR count). The van der Waals surface area contributed by atoms with Crippen molar-refractivity contribution in [3.05, 3.63) is 46.2 Å². The quantitative estimate of drug-likeness (QED) is 0.786. The molecule has 0 spiro atoms. The van der Waals surface area contributed by atoms with Crippen LogP contribution >= 0.6 is 23.2 Å². The van der Waals surface area contributed by atoms with Gasteiger partial charge in [0.15, 0.2) is 0 Å². The molecule has 1 aromatic heterocycles. The van der Waals surface area contributed by atoms with Gasteiger partial charge < -0.3 is 9.64 Å². The Bertz CT molecular complexity index is 728. The number of methoxy groups -OCH3 is 1. The van der Waals surface area contributed by atoms with Crippen molar-refractivity contribution >= 4 is 29.0 Å². The average Bonchev–Trinajstić information content (AvgIpc) is 2.64. The maximum atomic E-state index is 6.32. The van der Waals surface area contributed by atoms with Gasteiger partial charge in [0, 0.05) is 42.3 Å². The highest BCUT2D eigenvalue weighted by Gasteiger charge is 2.25. The molecular formula is C18H22Cl2N4O. The number of ether oxygens (including phenoxy) is 1. The van der Waals surface area contributed by atoms with E-state index in [1.54, 1.807) is 7.11 Å². The van der Waals surface area contributed by atoms with Crippen LogP contribution in [0.1, 0.15) is 18.4 Å². The number of likely N-dealkylation sites (tertiary alicyclic amines) is 1. The zero-order chi connectivity index (χ0) is 17.8. The first kappa shape index (κ1) is 18.2. The summed E-state index contributed by atoms with van der Waals surface area (Å²) in [6.45, 7) is 2.81. The molecule has 1 aromatic carbocycles. The Labute approximate surface area is 158 Å². The van der Waals surface area contributed by atoms with Crippen LogP contribution in [0.2, 0.25) is 10.0 Å². The molecule has 1 fully saturated rings. The monoisotopic (exact) mass is 380 g/mol. The van der Waals surface area contributed by atoms with Crippen LogP contribution < -0.4 is 9.64 Å². The molecule has 7 heteroatoms. The van der Waals surface area contributed by atoms with Crippen LogP contribution in [0.4, 0.5) is 5.82 Å². The Balaban J connectivity index is 1.69. The zero-order valence-electron chi connectivity index (χ0n) is 14.5. The van der Waals surface area contributed by atoms with Crippen LogP contribution in [-0.2, 0) is 6.54 Å². The van der Waals surface area contributed by atoms with Crippen molar-refractivity contribution in [2.45, 2.75) is 25.4 Å². The molecule has 5 nitrogen and oxygen atoms in total. The van der Waals surface area contributed by atoms with Crippen molar-refractivity contribution in [3.8, 4) is 5.88 Å². The van der Waals surface area contributed by atoms with Gasteiger partial charge in [0.2, 0.25) is 5.88 Å². The van der Waals surface area contributed by atoms with E-state index in [0.717, 1.165) is 53.9 Å². The Morgan fingerprint density at radius 3 is 2.92 bits per heavy atom. The summed E-state index contributed by atoms with van der Waals surface area (Å²) >= 11 is 12.4. The molecule has 1 saturated heterocycles. The molecule has 134 valence electrons. The lowest BCUT2D eigenvalue weighted by Crippen LogP contribution is -2.46. The van der Waals surface area contributed by atoms with Gasteiger partial charge in [0.1, 0.15) is 12.1 Å². The maximum absolute atomic E-state index is 6.32. The number of anilines is 1. The van der Waals surface area contributed by atoms with E-state index >= 15 is 0 Å². The fraction of sp³-hybridized carbons (Fsp3) is 0.444. The molecule has 0 N–H and O–H groups in total. The second-order valence-corrected chi connectivity index (χ2v) is 7.14. The van der Waals surface area contributed by atoms with Crippen LogP contribution in [-0.4, -0.2) is 48.2 Å². The number of likely N-dealkylation sites (N-methyl/N-ethyl adjacent to an activating group) is 1. The highest BCUT2D eigenvalue weighted by molar-refractivity contribution is 6.33. The lowest BCUT2D eigenvalue weighted by Gasteiger charge is -2.38. The lowest BCUT2D eigenvalue weighted by atomic mass is 10.0. The molecule has 2 aromatic rings. The number of nitrogens with zero attached hydrogens (tertiary/aromatic N) is 4. The predicted octanol–water partition coefficient (Wildman–Crippen LogP) is 3.89. The number of halogens is 2. The van der Waals surface area contributed by atoms with Gasteiger partial charge in [0.05, 0.1) is 7.11 Å². The van der Waals surface area contributed by atoms with Crippen LogP contribution in [0.5, 0.6) is 5.88 Å². The largest absolute Gasteiger partial charge is 0.481 e. The number of piperidine rings is 1. The summed E-state index contributed by atoms with van der Waals surface area (Å²) in [5, 5.41) is 1.48. The minimum atomic E-state index is 0.381. The molecule has 0 amide bonds. The van der Waals surface area contributed by atoms with Gasteiger partial charge >= 0.3 is 0 Å². The average molecular weight is 381 g/mol. The Morgan fingerprint density at radius 2 is 2.12 bits per heavy atom. The van der Waals surface area contributed by atoms with Crippen molar-refractivity contribution in [1.29, 1.82) is 0 Å². The molecule has 0 bridgehead atoms. The second-order valence-electron chi connectivity index (χ2n) is 6.30. The number of hydrogen-bond donors (Lipinski definition) is 0. The van der Waals surface area contributed by atoms with Crippen LogP contribution in [0.3, 0.4) is 0 Å². The van der Waals surface area contributed by atoms with E-state index in [1.165, 1.54) is 6.33 Å².